The summed E-state index contributed by atoms with van der Waals surface area (Å²) >= 11 is 0. The molecular weight excluding hydrogens is 784 g/mol. The predicted molar refractivity (Wildman–Crippen MR) is 139 cm³/mol. The number of hydrogen-bond acceptors (Lipinski definition) is 33. The van der Waals surface area contributed by atoms with Gasteiger partial charge in [-0.2, -0.15) is 0 Å². The van der Waals surface area contributed by atoms with Crippen LogP contribution < -0.4 is 0 Å². The number of aliphatic carboxylic acids is 1. The Morgan fingerprint density at radius 2 is 0.593 bits per heavy atom. The highest BCUT2D eigenvalue weighted by Gasteiger charge is 2.80. The molecule has 0 aliphatic heterocycles. The molecule has 54 heavy (non-hydrogen) atoms. The minimum Gasteiger partial charge on any atom is -0.504 e. The molecule has 1 atom stereocenters. The van der Waals surface area contributed by atoms with Crippen LogP contribution in [0.15, 0.2) is 34.6 Å². The molecule has 33 N–H and O–H groups in total. The zero-order valence-electron chi connectivity index (χ0n) is 25.2. The number of rotatable bonds is 16. The zero-order valence-corrected chi connectivity index (χ0v) is 25.2. The van der Waals surface area contributed by atoms with Gasteiger partial charge in [-0.3, -0.25) is 0 Å². The number of hydrogen-bond donors (Lipinski definition) is 33. The first kappa shape index (κ1) is 50.4. The lowest BCUT2D eigenvalue weighted by atomic mass is 9.80. The van der Waals surface area contributed by atoms with E-state index in [2.05, 4.69) is 0 Å². The molecule has 0 bridgehead atoms. The largest absolute Gasteiger partial charge is 0.504 e. The second-order valence-electron chi connectivity index (χ2n) is 10.9. The lowest BCUT2D eigenvalue weighted by molar-refractivity contribution is -0.574. The van der Waals surface area contributed by atoms with E-state index >= 15 is 0 Å². The van der Waals surface area contributed by atoms with Crippen molar-refractivity contribution >= 4 is 5.97 Å². The van der Waals surface area contributed by atoms with Gasteiger partial charge in [0.1, 0.15) is 0 Å². The molecular formula is C20H34O34. The second kappa shape index (κ2) is 13.6. The number of carbonyl (C=O) groups is 1. The van der Waals surface area contributed by atoms with Crippen molar-refractivity contribution in [3.05, 3.63) is 34.6 Å². The zero-order chi connectivity index (χ0) is 44.6. The van der Waals surface area contributed by atoms with Crippen molar-refractivity contribution in [3.63, 3.8) is 0 Å². The van der Waals surface area contributed by atoms with Crippen LogP contribution in [0, 0.1) is 0 Å². The van der Waals surface area contributed by atoms with E-state index in [9.17, 15) is 153 Å². The average Bonchev–Trinajstić information content (AvgIpc) is 3.00. The molecule has 0 amide bonds. The van der Waals surface area contributed by atoms with Gasteiger partial charge in [0.05, 0.1) is 0 Å². The van der Waals surface area contributed by atoms with Gasteiger partial charge in [-0.05, 0) is 0 Å². The van der Waals surface area contributed by atoms with Crippen molar-refractivity contribution in [1.29, 1.82) is 0 Å². The van der Waals surface area contributed by atoms with Crippen LogP contribution >= 0.6 is 0 Å². The maximum absolute atomic E-state index is 10.8. The van der Waals surface area contributed by atoms with Crippen molar-refractivity contribution in [3.8, 4) is 0 Å². The molecule has 0 rings (SSSR count). The van der Waals surface area contributed by atoms with Gasteiger partial charge in [-0.1, -0.05) is 0 Å². The molecule has 0 aromatic rings. The molecule has 0 heterocycles. The molecule has 0 aromatic heterocycles. The monoisotopic (exact) mass is 818 g/mol. The van der Waals surface area contributed by atoms with Gasteiger partial charge in [0.15, 0.2) is 6.10 Å². The molecule has 0 aliphatic rings. The summed E-state index contributed by atoms with van der Waals surface area (Å²) in [5.41, 5.74) is 0. The molecule has 0 aromatic carbocycles. The Balaban J connectivity index is 7.48. The van der Waals surface area contributed by atoms with Crippen LogP contribution in [0.5, 0.6) is 0 Å². The molecule has 0 radical (unpaired) electrons. The Morgan fingerprint density at radius 3 is 0.870 bits per heavy atom. The summed E-state index contributed by atoms with van der Waals surface area (Å²) in [5.74, 6) is -90.8. The first-order valence-electron chi connectivity index (χ1n) is 12.4. The Hall–Kier alpha value is -3.55. The average molecular weight is 818 g/mol. The minimum atomic E-state index is -6.02. The summed E-state index contributed by atoms with van der Waals surface area (Å²) in [6.45, 7) is 0. The molecule has 0 aliphatic carbocycles. The van der Waals surface area contributed by atoms with E-state index in [1.54, 1.807) is 0 Å². The van der Waals surface area contributed by atoms with E-state index in [1.807, 2.05) is 0 Å². The standard InChI is InChI=1S/C20H34O34/c21-1(2(22)10(32,33)4(24)6(26)12(36,37)16(44,45)15(42,43)8(28)29)9(30,31)3(23)5(25)11(34,35)13(38,39)7(27)14(40,41)17(46,47)18(48,49)19(50,51)20(52,53)54/h7,21-27,30-54H,(H,28,29). The first-order chi connectivity index (χ1) is 23.0. The number of carboxylic acid groups (broad SMARTS) is 1. The molecule has 0 saturated carbocycles. The molecule has 0 fully saturated rings. The predicted octanol–water partition coefficient (Wildman–Crippen LogP) is -16.5. The van der Waals surface area contributed by atoms with Crippen LogP contribution in [0.25, 0.3) is 0 Å². The lowest BCUT2D eigenvalue weighted by Crippen LogP contribution is -2.85. The van der Waals surface area contributed by atoms with Gasteiger partial charge in [0.25, 0.3) is 52.1 Å². The maximum Gasteiger partial charge on any atom is 0.370 e. The number of carboxylic acids is 1. The van der Waals surface area contributed by atoms with Crippen LogP contribution in [-0.4, -0.2) is 250 Å². The van der Waals surface area contributed by atoms with Gasteiger partial charge in [-0.15, -0.1) is 0 Å². The summed E-state index contributed by atoms with van der Waals surface area (Å²) in [5, 5.41) is 318. The van der Waals surface area contributed by atoms with Crippen molar-refractivity contribution in [2.45, 2.75) is 75.7 Å². The van der Waals surface area contributed by atoms with Gasteiger partial charge in [0, 0.05) is 0 Å². The Bertz CT molecular complexity index is 1530. The lowest BCUT2D eigenvalue weighted by Gasteiger charge is -2.51. The van der Waals surface area contributed by atoms with E-state index < -0.39 is 116 Å². The fourth-order valence-electron chi connectivity index (χ4n) is 3.34. The molecule has 0 saturated heterocycles. The van der Waals surface area contributed by atoms with Gasteiger partial charge >= 0.3 is 23.5 Å². The summed E-state index contributed by atoms with van der Waals surface area (Å²) in [6.07, 6.45) is -4.96. The molecule has 318 valence electrons. The van der Waals surface area contributed by atoms with Gasteiger partial charge < -0.3 is 169 Å². The fraction of sp³-hybridized carbons (Fsp3) is 0.650. The Morgan fingerprint density at radius 1 is 0.315 bits per heavy atom. The summed E-state index contributed by atoms with van der Waals surface area (Å²) < 4.78 is 0. The highest BCUT2D eigenvalue weighted by molar-refractivity contribution is 5.76. The van der Waals surface area contributed by atoms with Crippen molar-refractivity contribution < 1.29 is 173 Å². The molecule has 0 spiro atoms. The Labute approximate surface area is 290 Å². The van der Waals surface area contributed by atoms with Gasteiger partial charge in [0.2, 0.25) is 34.6 Å². The number of aliphatic hydroxyl groups is 32. The smallest absolute Gasteiger partial charge is 0.370 e. The van der Waals surface area contributed by atoms with E-state index in [-0.39, 0.29) is 0 Å². The highest BCUT2D eigenvalue weighted by Crippen LogP contribution is 2.44. The quantitative estimate of drug-likeness (QED) is 0.0508. The minimum absolute atomic E-state index is 3.20. The molecule has 1 unspecified atom stereocenters. The van der Waals surface area contributed by atoms with Crippen LogP contribution in [0.1, 0.15) is 0 Å². The second-order valence-corrected chi connectivity index (χ2v) is 10.9. The van der Waals surface area contributed by atoms with E-state index in [1.165, 1.54) is 0 Å². The maximum atomic E-state index is 10.8. The Kier molecular flexibility index (Phi) is 12.7. The summed E-state index contributed by atoms with van der Waals surface area (Å²) in [4.78, 5) is 10.8. The van der Waals surface area contributed by atoms with Crippen LogP contribution in [0.3, 0.4) is 0 Å². The van der Waals surface area contributed by atoms with Crippen LogP contribution in [-0.2, 0) is 4.79 Å². The van der Waals surface area contributed by atoms with Crippen molar-refractivity contribution in [2.75, 3.05) is 0 Å². The van der Waals surface area contributed by atoms with Crippen LogP contribution in [0.4, 0.5) is 0 Å². The van der Waals surface area contributed by atoms with Crippen molar-refractivity contribution in [2.24, 2.45) is 0 Å². The fourth-order valence-corrected chi connectivity index (χ4v) is 3.34. The third-order valence-corrected chi connectivity index (χ3v) is 7.15. The third-order valence-electron chi connectivity index (χ3n) is 7.15. The third kappa shape index (κ3) is 6.93. The first-order valence-corrected chi connectivity index (χ1v) is 12.4. The normalized spacial score (nSPS) is 17.7. The topological polar surface area (TPSA) is 685 Å². The van der Waals surface area contributed by atoms with Crippen molar-refractivity contribution in [1.82, 2.24) is 0 Å². The van der Waals surface area contributed by atoms with E-state index in [4.69, 9.17) is 20.4 Å². The number of aliphatic hydroxyl groups excluding tert-OH is 7. The van der Waals surface area contributed by atoms with E-state index in [0.717, 1.165) is 0 Å². The molecule has 34 heteroatoms. The van der Waals surface area contributed by atoms with E-state index in [0.29, 0.717) is 0 Å². The highest BCUT2D eigenvalue weighted by atomic mass is 16.8. The molecule has 34 nitrogen and oxygen atoms in total. The summed E-state index contributed by atoms with van der Waals surface area (Å²) in [6, 6.07) is 0. The van der Waals surface area contributed by atoms with Crippen LogP contribution in [0.2, 0.25) is 0 Å². The summed E-state index contributed by atoms with van der Waals surface area (Å²) in [7, 11) is 0. The SMILES string of the molecule is O=C(O)C(O)(O)C(O)(O)C(O)(O)C(O)=C(O)C(O)(O)C(O)=C(O)C(O)(O)C(O)=C(O)C(O)(O)C(O)(O)C(O)C(O)(O)C(O)(O)C(O)(O)C(O)(O)C(O)(O)O. The van der Waals surface area contributed by atoms with Gasteiger partial charge in [-0.25, -0.2) is 4.79 Å².